The largest absolute Gasteiger partial charge is 0.461 e. The monoisotopic (exact) mass is 608 g/mol. The summed E-state index contributed by atoms with van der Waals surface area (Å²) in [6, 6.07) is 9.19. The second kappa shape index (κ2) is 10.8. The third-order valence-corrected chi connectivity index (χ3v) is 9.77. The van der Waals surface area contributed by atoms with Crippen molar-refractivity contribution in [3.63, 3.8) is 0 Å². The van der Waals surface area contributed by atoms with Gasteiger partial charge >= 0.3 is 6.01 Å². The third kappa shape index (κ3) is 4.86. The summed E-state index contributed by atoms with van der Waals surface area (Å²) in [5.74, 6) is -1.89. The van der Waals surface area contributed by atoms with Crippen LogP contribution in [0.1, 0.15) is 51.5 Å². The number of hydrogen-bond donors (Lipinski definition) is 1. The molecule has 1 N–H and O–H groups in total. The number of hydrogen-bond acceptors (Lipinski definition) is 6. The summed E-state index contributed by atoms with van der Waals surface area (Å²) in [6.07, 6.45) is 2.72. The minimum atomic E-state index is -1.01. The number of rotatable bonds is 6. The third-order valence-electron chi connectivity index (χ3n) is 9.77. The van der Waals surface area contributed by atoms with Gasteiger partial charge in [-0.05, 0) is 79.6 Å². The summed E-state index contributed by atoms with van der Waals surface area (Å²) in [5.41, 5.74) is -1.30. The fourth-order valence-electron chi connectivity index (χ4n) is 7.74. The average molecular weight is 609 g/mol. The number of halogens is 4. The Morgan fingerprint density at radius 1 is 1.05 bits per heavy atom. The second-order valence-corrected chi connectivity index (χ2v) is 12.9. The summed E-state index contributed by atoms with van der Waals surface area (Å²) in [4.78, 5) is 13.0. The van der Waals surface area contributed by atoms with Crippen LogP contribution < -0.4 is 9.64 Å². The van der Waals surface area contributed by atoms with Gasteiger partial charge in [0.2, 0.25) is 0 Å². The lowest BCUT2D eigenvalue weighted by atomic mass is 9.92. The molecule has 6 nitrogen and oxygen atoms in total. The molecular formula is C34H36F4N4O2. The van der Waals surface area contributed by atoms with Crippen molar-refractivity contribution in [3.05, 3.63) is 59.4 Å². The first kappa shape index (κ1) is 29.2. The summed E-state index contributed by atoms with van der Waals surface area (Å²) in [6.45, 7) is 5.57. The lowest BCUT2D eigenvalue weighted by molar-refractivity contribution is 0.0447. The van der Waals surface area contributed by atoms with E-state index in [1.807, 2.05) is 4.90 Å². The van der Waals surface area contributed by atoms with E-state index in [0.717, 1.165) is 19.4 Å². The molecule has 7 rings (SSSR count). The Morgan fingerprint density at radius 3 is 2.66 bits per heavy atom. The molecule has 3 saturated heterocycles. The molecule has 0 amide bonds. The van der Waals surface area contributed by atoms with E-state index >= 15 is 8.78 Å². The minimum Gasteiger partial charge on any atom is -0.461 e. The zero-order valence-electron chi connectivity index (χ0n) is 25.0. The SMILES string of the molecule is CCc1c(F)ccc2cccc(-c3c(F)cc4c(N5CCC[C@@](C)(O)C5)nc(OC[C@@]56CCCN5C[C@H](F)C6)nc4c3F)c12. The molecule has 4 aromatic rings. The smallest absolute Gasteiger partial charge is 0.319 e. The Labute approximate surface area is 253 Å². The van der Waals surface area contributed by atoms with Gasteiger partial charge < -0.3 is 14.7 Å². The van der Waals surface area contributed by atoms with Gasteiger partial charge in [0.1, 0.15) is 35.7 Å². The quantitative estimate of drug-likeness (QED) is 0.245. The standard InChI is InChI=1S/C34H36F4N4O2/c1-3-22-25(36)10-9-20-7-4-8-23(27(20)22)28-26(37)15-24-30(29(28)38)39-32(40-31(24)41-13-5-11-33(2,43)18-41)44-19-34-12-6-14-42(34)17-21(35)16-34/h4,7-10,15,21,43H,3,5-6,11-14,16-19H2,1-2H3/t21-,33-,34+/m1/s1. The number of aromatic nitrogens is 2. The van der Waals surface area contributed by atoms with Gasteiger partial charge in [0.15, 0.2) is 5.82 Å². The van der Waals surface area contributed by atoms with Crippen LogP contribution in [0.4, 0.5) is 23.4 Å². The second-order valence-electron chi connectivity index (χ2n) is 12.9. The molecule has 44 heavy (non-hydrogen) atoms. The number of nitrogens with zero attached hydrogens (tertiary/aromatic N) is 4. The highest BCUT2D eigenvalue weighted by Gasteiger charge is 2.49. The van der Waals surface area contributed by atoms with Crippen LogP contribution in [0.15, 0.2) is 36.4 Å². The fraction of sp³-hybridized carbons (Fsp3) is 0.471. The van der Waals surface area contributed by atoms with Gasteiger partial charge in [-0.25, -0.2) is 17.6 Å². The first-order valence-corrected chi connectivity index (χ1v) is 15.5. The molecule has 0 aliphatic carbocycles. The predicted molar refractivity (Wildman–Crippen MR) is 162 cm³/mol. The van der Waals surface area contributed by atoms with Crippen LogP contribution in [0.2, 0.25) is 0 Å². The van der Waals surface area contributed by atoms with E-state index in [4.69, 9.17) is 4.74 Å². The molecular weight excluding hydrogens is 572 g/mol. The predicted octanol–water partition coefficient (Wildman–Crippen LogP) is 6.74. The highest BCUT2D eigenvalue weighted by Crippen LogP contribution is 2.42. The maximum atomic E-state index is 16.8. The van der Waals surface area contributed by atoms with Crippen LogP contribution in [0, 0.1) is 17.5 Å². The first-order chi connectivity index (χ1) is 21.1. The van der Waals surface area contributed by atoms with E-state index in [1.165, 1.54) is 12.1 Å². The van der Waals surface area contributed by atoms with E-state index in [0.29, 0.717) is 55.1 Å². The molecule has 0 radical (unpaired) electrons. The number of fused-ring (bicyclic) bond motifs is 3. The number of aryl methyl sites for hydroxylation is 1. The molecule has 232 valence electrons. The lowest BCUT2D eigenvalue weighted by Crippen LogP contribution is -2.46. The van der Waals surface area contributed by atoms with Gasteiger partial charge in [-0.1, -0.05) is 31.2 Å². The van der Waals surface area contributed by atoms with Gasteiger partial charge in [-0.15, -0.1) is 0 Å². The summed E-state index contributed by atoms with van der Waals surface area (Å²) >= 11 is 0. The molecule has 3 aromatic carbocycles. The number of aliphatic hydroxyl groups is 1. The van der Waals surface area contributed by atoms with Crippen molar-refractivity contribution in [2.24, 2.45) is 0 Å². The molecule has 1 aromatic heterocycles. The van der Waals surface area contributed by atoms with E-state index in [1.54, 1.807) is 38.1 Å². The van der Waals surface area contributed by atoms with E-state index in [9.17, 15) is 13.9 Å². The number of piperidine rings is 1. The minimum absolute atomic E-state index is 0.0871. The molecule has 3 fully saturated rings. The molecule has 0 saturated carbocycles. The lowest BCUT2D eigenvalue weighted by Gasteiger charge is -2.38. The Morgan fingerprint density at radius 2 is 1.86 bits per heavy atom. The van der Waals surface area contributed by atoms with Crippen molar-refractivity contribution in [3.8, 4) is 17.1 Å². The van der Waals surface area contributed by atoms with E-state index in [2.05, 4.69) is 14.9 Å². The summed E-state index contributed by atoms with van der Waals surface area (Å²) in [7, 11) is 0. The Bertz CT molecular complexity index is 1770. The number of ether oxygens (including phenoxy) is 1. The van der Waals surface area contributed by atoms with Gasteiger partial charge in [0.25, 0.3) is 0 Å². The van der Waals surface area contributed by atoms with Gasteiger partial charge in [0.05, 0.1) is 16.7 Å². The zero-order chi connectivity index (χ0) is 30.8. The molecule has 0 unspecified atom stereocenters. The van der Waals surface area contributed by atoms with Crippen molar-refractivity contribution >= 4 is 27.5 Å². The van der Waals surface area contributed by atoms with Crippen molar-refractivity contribution in [1.82, 2.24) is 14.9 Å². The Hall–Kier alpha value is -3.50. The highest BCUT2D eigenvalue weighted by molar-refractivity contribution is 6.02. The van der Waals surface area contributed by atoms with Crippen molar-refractivity contribution in [2.45, 2.75) is 69.7 Å². The van der Waals surface area contributed by atoms with Crippen LogP contribution in [0.25, 0.3) is 32.8 Å². The highest BCUT2D eigenvalue weighted by atomic mass is 19.1. The number of alkyl halides is 1. The topological polar surface area (TPSA) is 61.7 Å². The molecule has 4 heterocycles. The number of β-amino-alcohol motifs (C(OH)–C–C–N with tert-alkyl or cyclic N) is 1. The molecule has 10 heteroatoms. The van der Waals surface area contributed by atoms with Crippen LogP contribution in [0.5, 0.6) is 6.01 Å². The molecule has 3 aliphatic rings. The average Bonchev–Trinajstić information content (AvgIpc) is 3.51. The number of anilines is 1. The summed E-state index contributed by atoms with van der Waals surface area (Å²) < 4.78 is 68.4. The molecule has 0 bridgehead atoms. The summed E-state index contributed by atoms with van der Waals surface area (Å²) in [5, 5.41) is 12.1. The zero-order valence-corrected chi connectivity index (χ0v) is 25.0. The van der Waals surface area contributed by atoms with Crippen LogP contribution in [-0.4, -0.2) is 70.1 Å². The maximum absolute atomic E-state index is 16.8. The maximum Gasteiger partial charge on any atom is 0.319 e. The Kier molecular flexibility index (Phi) is 7.20. The van der Waals surface area contributed by atoms with Crippen LogP contribution in [-0.2, 0) is 6.42 Å². The van der Waals surface area contributed by atoms with Gasteiger partial charge in [-0.2, -0.15) is 9.97 Å². The van der Waals surface area contributed by atoms with Crippen LogP contribution in [0.3, 0.4) is 0 Å². The van der Waals surface area contributed by atoms with Crippen molar-refractivity contribution in [1.29, 1.82) is 0 Å². The fourth-order valence-corrected chi connectivity index (χ4v) is 7.74. The molecule has 3 aliphatic heterocycles. The van der Waals surface area contributed by atoms with E-state index in [-0.39, 0.29) is 47.0 Å². The van der Waals surface area contributed by atoms with Crippen LogP contribution >= 0.6 is 0 Å². The van der Waals surface area contributed by atoms with Gasteiger partial charge in [-0.3, -0.25) is 4.90 Å². The number of benzene rings is 3. The first-order valence-electron chi connectivity index (χ1n) is 15.5. The van der Waals surface area contributed by atoms with Gasteiger partial charge in [0, 0.05) is 31.4 Å². The van der Waals surface area contributed by atoms with Crippen molar-refractivity contribution < 1.29 is 27.4 Å². The Balaban J connectivity index is 1.40. The van der Waals surface area contributed by atoms with Crippen molar-refractivity contribution in [2.75, 3.05) is 37.7 Å². The van der Waals surface area contributed by atoms with E-state index < -0.39 is 34.8 Å². The normalized spacial score (nSPS) is 25.7. The molecule has 3 atom stereocenters. The molecule has 0 spiro atoms.